The number of aromatic nitrogens is 1. The summed E-state index contributed by atoms with van der Waals surface area (Å²) < 4.78 is 26.7. The van der Waals surface area contributed by atoms with Crippen molar-refractivity contribution in [2.75, 3.05) is 13.1 Å². The summed E-state index contributed by atoms with van der Waals surface area (Å²) in [6, 6.07) is 13.5. The molecule has 1 atom stereocenters. The van der Waals surface area contributed by atoms with Gasteiger partial charge in [-0.25, -0.2) is 13.8 Å². The van der Waals surface area contributed by atoms with E-state index in [1.165, 1.54) is 12.1 Å². The van der Waals surface area contributed by atoms with Crippen molar-refractivity contribution in [1.82, 2.24) is 9.88 Å². The standard InChI is InChI=1S/C21H19F2N3O/c22-15-4-2-14(3-5-15)18-10-20(21(24)27)25-19-9-13(1-6-17(18)19)11-26-8-7-16(23)12-26/h1-6,9-10,16H,7-8,11-12H2,(H2,24,27)/t16-/m1/s1. The first kappa shape index (κ1) is 17.5. The number of primary amides is 1. The Hall–Kier alpha value is -2.86. The van der Waals surface area contributed by atoms with Gasteiger partial charge in [-0.15, -0.1) is 0 Å². The molecular weight excluding hydrogens is 348 g/mol. The van der Waals surface area contributed by atoms with Gasteiger partial charge < -0.3 is 5.73 Å². The highest BCUT2D eigenvalue weighted by Crippen LogP contribution is 2.30. The van der Waals surface area contributed by atoms with Crippen LogP contribution in [0.25, 0.3) is 22.0 Å². The second-order valence-corrected chi connectivity index (χ2v) is 6.90. The Balaban J connectivity index is 1.78. The molecule has 0 spiro atoms. The van der Waals surface area contributed by atoms with Gasteiger partial charge in [0.1, 0.15) is 17.7 Å². The van der Waals surface area contributed by atoms with Crippen LogP contribution < -0.4 is 5.73 Å². The van der Waals surface area contributed by atoms with E-state index < -0.39 is 12.1 Å². The van der Waals surface area contributed by atoms with Gasteiger partial charge in [0.15, 0.2) is 0 Å². The molecule has 138 valence electrons. The number of nitrogens with zero attached hydrogens (tertiary/aromatic N) is 2. The summed E-state index contributed by atoms with van der Waals surface area (Å²) in [6.45, 7) is 1.80. The molecule has 1 aliphatic heterocycles. The number of fused-ring (bicyclic) bond motifs is 1. The number of carbonyl (C=O) groups is 1. The molecule has 1 aromatic heterocycles. The molecule has 2 heterocycles. The topological polar surface area (TPSA) is 59.2 Å². The molecule has 0 bridgehead atoms. The zero-order valence-corrected chi connectivity index (χ0v) is 14.7. The van der Waals surface area contributed by atoms with E-state index in [0.717, 1.165) is 28.6 Å². The number of alkyl halides is 1. The average molecular weight is 367 g/mol. The highest BCUT2D eigenvalue weighted by atomic mass is 19.1. The first-order valence-electron chi connectivity index (χ1n) is 8.85. The molecule has 0 aliphatic carbocycles. The molecular formula is C21H19F2N3O. The van der Waals surface area contributed by atoms with Crippen LogP contribution in [0.4, 0.5) is 8.78 Å². The van der Waals surface area contributed by atoms with E-state index in [1.807, 2.05) is 18.2 Å². The maximum Gasteiger partial charge on any atom is 0.267 e. The van der Waals surface area contributed by atoms with E-state index in [1.54, 1.807) is 18.2 Å². The fourth-order valence-electron chi connectivity index (χ4n) is 3.55. The van der Waals surface area contributed by atoms with Crippen LogP contribution in [0.2, 0.25) is 0 Å². The number of nitrogens with two attached hydrogens (primary N) is 1. The SMILES string of the molecule is NC(=O)c1cc(-c2ccc(F)cc2)c2ccc(CN3CC[C@@H](F)C3)cc2n1. The predicted octanol–water partition coefficient (Wildman–Crippen LogP) is 3.68. The normalized spacial score (nSPS) is 17.5. The number of likely N-dealkylation sites (tertiary alicyclic amines) is 1. The predicted molar refractivity (Wildman–Crippen MR) is 100 cm³/mol. The summed E-state index contributed by atoms with van der Waals surface area (Å²) in [4.78, 5) is 18.2. The van der Waals surface area contributed by atoms with Crippen molar-refractivity contribution in [1.29, 1.82) is 0 Å². The number of carbonyl (C=O) groups excluding carboxylic acids is 1. The minimum atomic E-state index is -0.768. The quantitative estimate of drug-likeness (QED) is 0.765. The van der Waals surface area contributed by atoms with Crippen LogP contribution >= 0.6 is 0 Å². The lowest BCUT2D eigenvalue weighted by molar-refractivity contribution is 0.0996. The van der Waals surface area contributed by atoms with E-state index in [4.69, 9.17) is 5.73 Å². The molecule has 3 aromatic rings. The fourth-order valence-corrected chi connectivity index (χ4v) is 3.55. The summed E-state index contributed by atoms with van der Waals surface area (Å²) in [6.07, 6.45) is -0.207. The first-order valence-corrected chi connectivity index (χ1v) is 8.85. The number of hydrogen-bond acceptors (Lipinski definition) is 3. The molecule has 0 saturated carbocycles. The average Bonchev–Trinajstić information content (AvgIpc) is 3.06. The highest BCUT2D eigenvalue weighted by Gasteiger charge is 2.21. The van der Waals surface area contributed by atoms with Crippen LogP contribution in [0.5, 0.6) is 0 Å². The lowest BCUT2D eigenvalue weighted by atomic mass is 9.98. The van der Waals surface area contributed by atoms with Crippen LogP contribution in [-0.2, 0) is 6.54 Å². The van der Waals surface area contributed by atoms with E-state index in [9.17, 15) is 13.6 Å². The summed E-state index contributed by atoms with van der Waals surface area (Å²) in [5.41, 5.74) is 8.79. The third-order valence-electron chi connectivity index (χ3n) is 4.90. The molecule has 1 fully saturated rings. The van der Waals surface area contributed by atoms with Crippen molar-refractivity contribution >= 4 is 16.8 Å². The molecule has 1 amide bonds. The van der Waals surface area contributed by atoms with Gasteiger partial charge >= 0.3 is 0 Å². The summed E-state index contributed by atoms with van der Waals surface area (Å²) in [5.74, 6) is -0.947. The number of amides is 1. The van der Waals surface area contributed by atoms with Gasteiger partial charge in [0.05, 0.1) is 5.52 Å². The van der Waals surface area contributed by atoms with Gasteiger partial charge in [-0.2, -0.15) is 0 Å². The number of hydrogen-bond donors (Lipinski definition) is 1. The van der Waals surface area contributed by atoms with E-state index in [0.29, 0.717) is 25.0 Å². The molecule has 2 aromatic carbocycles. The molecule has 4 rings (SSSR count). The third kappa shape index (κ3) is 3.66. The summed E-state index contributed by atoms with van der Waals surface area (Å²) in [7, 11) is 0. The largest absolute Gasteiger partial charge is 0.364 e. The zero-order chi connectivity index (χ0) is 19.0. The lowest BCUT2D eigenvalue weighted by Crippen LogP contribution is -2.20. The van der Waals surface area contributed by atoms with Crippen LogP contribution in [0.15, 0.2) is 48.5 Å². The highest BCUT2D eigenvalue weighted by molar-refractivity contribution is 6.00. The van der Waals surface area contributed by atoms with Crippen molar-refractivity contribution in [3.05, 3.63) is 65.6 Å². The smallest absolute Gasteiger partial charge is 0.267 e. The molecule has 1 saturated heterocycles. The Morgan fingerprint density at radius 1 is 1.19 bits per heavy atom. The summed E-state index contributed by atoms with van der Waals surface area (Å²) in [5, 5.41) is 0.847. The van der Waals surface area contributed by atoms with Gasteiger partial charge in [0.25, 0.3) is 5.91 Å². The van der Waals surface area contributed by atoms with Gasteiger partial charge in [0.2, 0.25) is 0 Å². The van der Waals surface area contributed by atoms with Crippen LogP contribution in [-0.4, -0.2) is 35.1 Å². The number of benzene rings is 2. The molecule has 2 N–H and O–H groups in total. The number of halogens is 2. The molecule has 4 nitrogen and oxygen atoms in total. The second-order valence-electron chi connectivity index (χ2n) is 6.90. The Labute approximate surface area is 155 Å². The molecule has 6 heteroatoms. The molecule has 27 heavy (non-hydrogen) atoms. The van der Waals surface area contributed by atoms with E-state index >= 15 is 0 Å². The van der Waals surface area contributed by atoms with Crippen molar-refractivity contribution < 1.29 is 13.6 Å². The third-order valence-corrected chi connectivity index (χ3v) is 4.90. The Morgan fingerprint density at radius 2 is 1.96 bits per heavy atom. The Bertz CT molecular complexity index is 1000. The van der Waals surface area contributed by atoms with Crippen molar-refractivity contribution in [3.63, 3.8) is 0 Å². The minimum Gasteiger partial charge on any atom is -0.364 e. The Morgan fingerprint density at radius 3 is 2.63 bits per heavy atom. The number of pyridine rings is 1. The van der Waals surface area contributed by atoms with Gasteiger partial charge in [-0.1, -0.05) is 24.3 Å². The maximum atomic E-state index is 13.4. The van der Waals surface area contributed by atoms with Crippen molar-refractivity contribution in [2.24, 2.45) is 5.73 Å². The van der Waals surface area contributed by atoms with Crippen molar-refractivity contribution in [3.8, 4) is 11.1 Å². The first-order chi connectivity index (χ1) is 13.0. The zero-order valence-electron chi connectivity index (χ0n) is 14.7. The fraction of sp³-hybridized carbons (Fsp3) is 0.238. The van der Waals surface area contributed by atoms with E-state index in [-0.39, 0.29) is 11.5 Å². The molecule has 0 radical (unpaired) electrons. The second kappa shape index (κ2) is 7.04. The monoisotopic (exact) mass is 367 g/mol. The maximum absolute atomic E-state index is 13.4. The Kier molecular flexibility index (Phi) is 4.58. The molecule has 1 aliphatic rings. The van der Waals surface area contributed by atoms with Gasteiger partial charge in [0, 0.05) is 25.0 Å². The number of rotatable bonds is 4. The van der Waals surface area contributed by atoms with Crippen LogP contribution in [0.1, 0.15) is 22.5 Å². The minimum absolute atomic E-state index is 0.156. The van der Waals surface area contributed by atoms with E-state index in [2.05, 4.69) is 9.88 Å². The van der Waals surface area contributed by atoms with Gasteiger partial charge in [-0.05, 0) is 47.4 Å². The van der Waals surface area contributed by atoms with Crippen LogP contribution in [0, 0.1) is 5.82 Å². The summed E-state index contributed by atoms with van der Waals surface area (Å²) >= 11 is 0. The van der Waals surface area contributed by atoms with Crippen molar-refractivity contribution in [2.45, 2.75) is 19.1 Å². The van der Waals surface area contributed by atoms with Gasteiger partial charge in [-0.3, -0.25) is 9.69 Å². The van der Waals surface area contributed by atoms with Crippen LogP contribution in [0.3, 0.4) is 0 Å². The lowest BCUT2D eigenvalue weighted by Gasteiger charge is -2.16. The molecule has 0 unspecified atom stereocenters.